The maximum Gasteiger partial charge on any atom is 0.252 e. The lowest BCUT2D eigenvalue weighted by atomic mass is 9.33. The van der Waals surface area contributed by atoms with Gasteiger partial charge in [-0.2, -0.15) is 0 Å². The van der Waals surface area contributed by atoms with Crippen molar-refractivity contribution in [1.29, 1.82) is 0 Å². The minimum atomic E-state index is -0.325. The standard InChI is InChI=1S/C120H103BN4/c1-117(2,3)98-68-81-48-34-58-92-100(119(7,8)9)74-96-104(66-62-94(98)112(96)110(81)92)122(84-50-30-18-31-51-84)86-60-64-102-106(72-86)124(115-88(77-40-22-14-23-41-77)54-36-55-89(115)78-42-24-15-25-43-78)108-70-83(76-38-20-13-21-39-76)71-109-114(108)121(102)103-65-61-87(73-107(103)125(109)116-90(79-44-26-16-27-45-79)56-37-57-91(116)80-46-28-17-29-47-80)123(85-52-32-19-33-53-85)105-67-63-95-99(118(4,5)6)69-82-49-35-59-93-101(120(10,11)12)75-97(105)113(95)111(82)93/h13-75,110-113H,1-12H3. The van der Waals surface area contributed by atoms with Gasteiger partial charge in [0.15, 0.2) is 0 Å². The van der Waals surface area contributed by atoms with Gasteiger partial charge in [-0.15, -0.1) is 0 Å². The summed E-state index contributed by atoms with van der Waals surface area (Å²) in [5.74, 6) is 0.472. The van der Waals surface area contributed by atoms with Gasteiger partial charge in [0, 0.05) is 103 Å². The minimum Gasteiger partial charge on any atom is -0.310 e. The summed E-state index contributed by atoms with van der Waals surface area (Å²) in [5, 5.41) is 0. The molecule has 4 nitrogen and oxygen atoms in total. The lowest BCUT2D eigenvalue weighted by Crippen LogP contribution is -2.61. The average molecular weight is 1610 g/mol. The van der Waals surface area contributed by atoms with E-state index in [1.807, 2.05) is 0 Å². The van der Waals surface area contributed by atoms with E-state index in [1.165, 1.54) is 94.7 Å². The number of rotatable bonds is 13. The van der Waals surface area contributed by atoms with Gasteiger partial charge in [0.1, 0.15) is 0 Å². The van der Waals surface area contributed by atoms with E-state index < -0.39 is 0 Å². The van der Waals surface area contributed by atoms with Crippen LogP contribution in [-0.2, 0) is 0 Å². The molecule has 4 atom stereocenters. The second-order valence-electron chi connectivity index (χ2n) is 39.5. The van der Waals surface area contributed by atoms with Crippen molar-refractivity contribution in [2.24, 2.45) is 45.3 Å². The second-order valence-corrected chi connectivity index (χ2v) is 39.5. The molecule has 0 N–H and O–H groups in total. The Morgan fingerprint density at radius 2 is 0.608 bits per heavy atom. The molecule has 0 aromatic heterocycles. The number of fused-ring (bicyclic) bond motifs is 4. The topological polar surface area (TPSA) is 13.0 Å². The van der Waals surface area contributed by atoms with Crippen LogP contribution in [0.25, 0.3) is 55.6 Å². The van der Waals surface area contributed by atoms with Crippen LogP contribution in [0.15, 0.2) is 461 Å². The molecule has 12 aromatic carbocycles. The number of allylic oxidation sites excluding steroid dienone is 26. The van der Waals surface area contributed by atoms with Crippen molar-refractivity contribution in [2.75, 3.05) is 19.6 Å². The maximum absolute atomic E-state index is 2.73. The highest BCUT2D eigenvalue weighted by Crippen LogP contribution is 2.63. The summed E-state index contributed by atoms with van der Waals surface area (Å²) < 4.78 is 0. The Morgan fingerprint density at radius 1 is 0.272 bits per heavy atom. The molecule has 0 radical (unpaired) electrons. The molecule has 0 fully saturated rings. The third-order valence-corrected chi connectivity index (χ3v) is 27.7. The molecule has 0 spiro atoms. The van der Waals surface area contributed by atoms with Crippen LogP contribution in [0.4, 0.5) is 56.9 Å². The smallest absolute Gasteiger partial charge is 0.252 e. The predicted molar refractivity (Wildman–Crippen MR) is 530 cm³/mol. The van der Waals surface area contributed by atoms with Gasteiger partial charge >= 0.3 is 0 Å². The Labute approximate surface area is 739 Å². The second kappa shape index (κ2) is 29.5. The Bertz CT molecular complexity index is 6450. The van der Waals surface area contributed by atoms with Gasteiger partial charge < -0.3 is 19.6 Å². The van der Waals surface area contributed by atoms with Gasteiger partial charge in [-0.05, 0) is 211 Å². The van der Waals surface area contributed by atoms with Crippen LogP contribution < -0.4 is 36.0 Å². The van der Waals surface area contributed by atoms with Crippen LogP contribution in [0.3, 0.4) is 0 Å². The minimum absolute atomic E-state index is 0.0806. The molecule has 12 aromatic rings. The quantitative estimate of drug-likeness (QED) is 0.107. The van der Waals surface area contributed by atoms with Crippen molar-refractivity contribution in [3.8, 4) is 55.6 Å². The van der Waals surface area contributed by atoms with E-state index in [0.717, 1.165) is 113 Å². The highest BCUT2D eigenvalue weighted by molar-refractivity contribution is 7.00. The molecular formula is C120H103BN4. The van der Waals surface area contributed by atoms with E-state index in [9.17, 15) is 0 Å². The number of anilines is 10. The summed E-state index contributed by atoms with van der Waals surface area (Å²) in [6, 6.07) is 113. The Kier molecular flexibility index (Phi) is 18.2. The summed E-state index contributed by atoms with van der Waals surface area (Å²) in [6.45, 7) is 28.5. The third kappa shape index (κ3) is 12.8. The first-order valence-corrected chi connectivity index (χ1v) is 44.9. The van der Waals surface area contributed by atoms with Gasteiger partial charge in [-0.1, -0.05) is 393 Å². The van der Waals surface area contributed by atoms with Crippen molar-refractivity contribution in [1.82, 2.24) is 0 Å². The molecule has 8 aliphatic carbocycles. The Balaban J connectivity index is 0.877. The maximum atomic E-state index is 2.73. The van der Waals surface area contributed by atoms with E-state index in [1.54, 1.807) is 0 Å². The SMILES string of the molecule is CC(C)(C)C1=CC2=C(N(c3ccccc3)c3ccc4c(c3)N(c3c(-c5ccccc5)cccc3-c3ccccc3)c3cc(-c5ccccc5)cc5c3B4c3ccc(N(C4=C6C=C(C(C)(C)C)C7=CC=CC8=CC(C(C)(C)C)=C(C=C4)C6C87)c4ccccc4)cc3N5c3c(-c4ccccc4)cccc3-c3ccccc3)C=CC3=C(C(C)(C)C)C=C4C=CC=C1C4C23. The van der Waals surface area contributed by atoms with E-state index in [4.69, 9.17) is 0 Å². The molecule has 606 valence electrons. The molecule has 125 heavy (non-hydrogen) atoms. The monoisotopic (exact) mass is 1610 g/mol. The van der Waals surface area contributed by atoms with Crippen LogP contribution >= 0.6 is 0 Å². The fourth-order valence-electron chi connectivity index (χ4n) is 22.3. The summed E-state index contributed by atoms with van der Waals surface area (Å²) in [7, 11) is 0. The van der Waals surface area contributed by atoms with E-state index in [0.29, 0.717) is 0 Å². The Morgan fingerprint density at radius 3 is 0.944 bits per heavy atom. The lowest BCUT2D eigenvalue weighted by Gasteiger charge is -2.48. The van der Waals surface area contributed by atoms with E-state index in [-0.39, 0.29) is 52.0 Å². The first-order chi connectivity index (χ1) is 60.6. The molecule has 5 heteroatoms. The first-order valence-electron chi connectivity index (χ1n) is 44.9. The number of hydrogen-bond acceptors (Lipinski definition) is 4. The van der Waals surface area contributed by atoms with Crippen LogP contribution in [0.1, 0.15) is 83.1 Å². The molecule has 2 aliphatic heterocycles. The average Bonchev–Trinajstić information content (AvgIpc) is 0.689. The fraction of sp³-hybridized carbons (Fsp3) is 0.167. The number of para-hydroxylation sites is 4. The molecule has 0 saturated carbocycles. The number of benzene rings is 12. The molecule has 22 rings (SSSR count). The summed E-state index contributed by atoms with van der Waals surface area (Å²) >= 11 is 0. The van der Waals surface area contributed by atoms with Crippen molar-refractivity contribution in [3.63, 3.8) is 0 Å². The third-order valence-electron chi connectivity index (χ3n) is 27.7. The highest BCUT2D eigenvalue weighted by Gasteiger charge is 2.51. The molecule has 10 aliphatic rings. The Hall–Kier alpha value is -13.7. The zero-order valence-electron chi connectivity index (χ0n) is 73.5. The van der Waals surface area contributed by atoms with Gasteiger partial charge in [-0.3, -0.25) is 0 Å². The van der Waals surface area contributed by atoms with Crippen molar-refractivity contribution in [2.45, 2.75) is 83.1 Å². The molecule has 0 bridgehead atoms. The number of hydrogen-bond donors (Lipinski definition) is 0. The number of nitrogens with zero attached hydrogens (tertiary/aromatic N) is 4. The van der Waals surface area contributed by atoms with Gasteiger partial charge in [0.2, 0.25) is 0 Å². The van der Waals surface area contributed by atoms with Crippen molar-refractivity contribution >= 4 is 80.0 Å². The first kappa shape index (κ1) is 77.3. The summed E-state index contributed by atoms with van der Waals surface area (Å²) in [6.07, 6.45) is 34.6. The lowest BCUT2D eigenvalue weighted by molar-refractivity contribution is 0.442. The fourth-order valence-corrected chi connectivity index (χ4v) is 22.3. The molecule has 0 saturated heterocycles. The zero-order valence-corrected chi connectivity index (χ0v) is 73.5. The predicted octanol–water partition coefficient (Wildman–Crippen LogP) is 30.0. The normalized spacial score (nSPS) is 18.7. The largest absolute Gasteiger partial charge is 0.310 e. The highest BCUT2D eigenvalue weighted by atomic mass is 15.2. The van der Waals surface area contributed by atoms with Crippen molar-refractivity contribution < 1.29 is 0 Å². The molecule has 4 unspecified atom stereocenters. The van der Waals surface area contributed by atoms with Crippen LogP contribution in [0.2, 0.25) is 0 Å². The summed E-state index contributed by atoms with van der Waals surface area (Å²) in [4.78, 5) is 10.7. The van der Waals surface area contributed by atoms with Crippen LogP contribution in [0.5, 0.6) is 0 Å². The molecular weight excluding hydrogens is 1510 g/mol. The van der Waals surface area contributed by atoms with Gasteiger partial charge in [0.05, 0.1) is 11.4 Å². The zero-order chi connectivity index (χ0) is 85.1. The van der Waals surface area contributed by atoms with E-state index in [2.05, 4.69) is 485 Å². The van der Waals surface area contributed by atoms with Gasteiger partial charge in [0.25, 0.3) is 6.71 Å². The van der Waals surface area contributed by atoms with Crippen molar-refractivity contribution in [3.05, 3.63) is 461 Å². The van der Waals surface area contributed by atoms with Crippen LogP contribution in [-0.4, -0.2) is 6.71 Å². The van der Waals surface area contributed by atoms with E-state index >= 15 is 0 Å². The van der Waals surface area contributed by atoms with Gasteiger partial charge in [-0.25, -0.2) is 0 Å². The molecule has 0 amide bonds. The van der Waals surface area contributed by atoms with Crippen LogP contribution in [0, 0.1) is 45.3 Å². The summed E-state index contributed by atoms with van der Waals surface area (Å²) in [5.41, 5.74) is 44.4. The molecule has 2 heterocycles.